The molecule has 1 N–H and O–H groups in total. The van der Waals surface area contributed by atoms with E-state index in [0.717, 1.165) is 12.2 Å². The second-order valence-electron chi connectivity index (χ2n) is 5.10. The second kappa shape index (κ2) is 8.18. The van der Waals surface area contributed by atoms with E-state index in [-0.39, 0.29) is 0 Å². The Labute approximate surface area is 116 Å². The summed E-state index contributed by atoms with van der Waals surface area (Å²) in [5, 5.41) is 3.39. The maximum Gasteiger partial charge on any atom is 0.119 e. The first-order valence-electron chi connectivity index (χ1n) is 7.37. The third-order valence-corrected chi connectivity index (χ3v) is 3.75. The lowest BCUT2D eigenvalue weighted by molar-refractivity contribution is 0.00890. The Morgan fingerprint density at radius 3 is 2.63 bits per heavy atom. The molecule has 0 saturated heterocycles. The minimum Gasteiger partial charge on any atom is -0.491 e. The highest BCUT2D eigenvalue weighted by Gasteiger charge is 2.22. The maximum atomic E-state index is 6.00. The number of nitrogens with one attached hydrogen (secondary N) is 1. The van der Waals surface area contributed by atoms with Crippen LogP contribution >= 0.6 is 0 Å². The first-order valence-corrected chi connectivity index (χ1v) is 7.37. The Morgan fingerprint density at radius 2 is 1.84 bits per heavy atom. The number of para-hydroxylation sites is 1. The van der Waals surface area contributed by atoms with Crippen LogP contribution in [0.2, 0.25) is 0 Å². The number of hydrogen-bond donors (Lipinski definition) is 1. The fraction of sp³-hybridized carbons (Fsp3) is 0.625. The third-order valence-electron chi connectivity index (χ3n) is 3.75. The molecule has 1 aliphatic rings. The molecule has 3 nitrogen and oxygen atoms in total. The smallest absolute Gasteiger partial charge is 0.119 e. The van der Waals surface area contributed by atoms with E-state index in [9.17, 15) is 0 Å². The molecule has 0 heterocycles. The third kappa shape index (κ3) is 4.84. The minimum absolute atomic E-state index is 0.340. The van der Waals surface area contributed by atoms with Crippen LogP contribution in [0.3, 0.4) is 0 Å². The zero-order valence-corrected chi connectivity index (χ0v) is 11.8. The van der Waals surface area contributed by atoms with Gasteiger partial charge < -0.3 is 14.8 Å². The summed E-state index contributed by atoms with van der Waals surface area (Å²) in [5.41, 5.74) is 0. The Kier molecular flexibility index (Phi) is 6.18. The van der Waals surface area contributed by atoms with Gasteiger partial charge in [-0.1, -0.05) is 37.5 Å². The summed E-state index contributed by atoms with van der Waals surface area (Å²) < 4.78 is 11.7. The van der Waals surface area contributed by atoms with Crippen molar-refractivity contribution in [3.63, 3.8) is 0 Å². The quantitative estimate of drug-likeness (QED) is 0.632. The molecule has 2 unspecified atom stereocenters. The van der Waals surface area contributed by atoms with Crippen LogP contribution in [0.25, 0.3) is 0 Å². The fourth-order valence-electron chi connectivity index (χ4n) is 2.68. The molecule has 0 amide bonds. The van der Waals surface area contributed by atoms with E-state index in [2.05, 4.69) is 5.32 Å². The Balaban J connectivity index is 1.69. The monoisotopic (exact) mass is 263 g/mol. The fourth-order valence-corrected chi connectivity index (χ4v) is 2.68. The van der Waals surface area contributed by atoms with Gasteiger partial charge in [-0.25, -0.2) is 0 Å². The first kappa shape index (κ1) is 14.4. The maximum absolute atomic E-state index is 6.00. The van der Waals surface area contributed by atoms with Crippen molar-refractivity contribution in [1.82, 2.24) is 5.32 Å². The summed E-state index contributed by atoms with van der Waals surface area (Å²) >= 11 is 0. The van der Waals surface area contributed by atoms with Crippen molar-refractivity contribution >= 4 is 0 Å². The van der Waals surface area contributed by atoms with E-state index in [4.69, 9.17) is 9.47 Å². The van der Waals surface area contributed by atoms with Crippen molar-refractivity contribution in [2.75, 3.05) is 20.3 Å². The molecule has 0 aromatic heterocycles. The Bertz CT molecular complexity index is 342. The van der Waals surface area contributed by atoms with Gasteiger partial charge in [0, 0.05) is 6.04 Å². The van der Waals surface area contributed by atoms with Gasteiger partial charge in [0.15, 0.2) is 0 Å². The molecule has 2 atom stereocenters. The summed E-state index contributed by atoms with van der Waals surface area (Å²) in [5.74, 6) is 0.914. The van der Waals surface area contributed by atoms with Gasteiger partial charge in [0.25, 0.3) is 0 Å². The number of rotatable bonds is 6. The predicted octanol–water partition coefficient (Wildman–Crippen LogP) is 3.00. The lowest BCUT2D eigenvalue weighted by Gasteiger charge is -2.25. The van der Waals surface area contributed by atoms with E-state index in [1.54, 1.807) is 0 Å². The number of likely N-dealkylation sites (N-methyl/N-ethyl adjacent to an activating group) is 1. The Hall–Kier alpha value is -1.06. The van der Waals surface area contributed by atoms with Gasteiger partial charge in [-0.3, -0.25) is 0 Å². The molecular weight excluding hydrogens is 238 g/mol. The van der Waals surface area contributed by atoms with Crippen LogP contribution < -0.4 is 10.1 Å². The molecule has 1 aliphatic carbocycles. The van der Waals surface area contributed by atoms with Crippen LogP contribution in [0, 0.1) is 0 Å². The molecule has 0 bridgehead atoms. The van der Waals surface area contributed by atoms with Crippen LogP contribution in [0.1, 0.15) is 32.1 Å². The summed E-state index contributed by atoms with van der Waals surface area (Å²) in [7, 11) is 2.03. The summed E-state index contributed by atoms with van der Waals surface area (Å²) in [6.07, 6.45) is 6.65. The average molecular weight is 263 g/mol. The molecule has 19 heavy (non-hydrogen) atoms. The molecular formula is C16H25NO2. The van der Waals surface area contributed by atoms with Gasteiger partial charge in [-0.2, -0.15) is 0 Å². The summed E-state index contributed by atoms with van der Waals surface area (Å²) in [6, 6.07) is 10.4. The van der Waals surface area contributed by atoms with Gasteiger partial charge in [-0.15, -0.1) is 0 Å². The van der Waals surface area contributed by atoms with Gasteiger partial charge in [0.1, 0.15) is 12.4 Å². The molecule has 3 heteroatoms. The highest BCUT2D eigenvalue weighted by molar-refractivity contribution is 5.20. The molecule has 1 aromatic rings. The first-order chi connectivity index (χ1) is 9.40. The van der Waals surface area contributed by atoms with Gasteiger partial charge in [0.05, 0.1) is 12.7 Å². The van der Waals surface area contributed by atoms with Crippen molar-refractivity contribution in [3.8, 4) is 5.75 Å². The van der Waals surface area contributed by atoms with Crippen molar-refractivity contribution in [2.45, 2.75) is 44.2 Å². The average Bonchev–Trinajstić information content (AvgIpc) is 2.69. The number of benzene rings is 1. The van der Waals surface area contributed by atoms with E-state index >= 15 is 0 Å². The number of ether oxygens (including phenoxy) is 2. The van der Waals surface area contributed by atoms with Crippen LogP contribution in [0.4, 0.5) is 0 Å². The van der Waals surface area contributed by atoms with Crippen LogP contribution in [0.15, 0.2) is 30.3 Å². The van der Waals surface area contributed by atoms with E-state index in [0.29, 0.717) is 25.4 Å². The van der Waals surface area contributed by atoms with Gasteiger partial charge in [-0.05, 0) is 32.0 Å². The Morgan fingerprint density at radius 1 is 1.05 bits per heavy atom. The molecule has 0 radical (unpaired) electrons. The van der Waals surface area contributed by atoms with Crippen LogP contribution in [-0.2, 0) is 4.74 Å². The molecule has 2 rings (SSSR count). The van der Waals surface area contributed by atoms with Crippen LogP contribution in [0.5, 0.6) is 5.75 Å². The van der Waals surface area contributed by atoms with E-state index < -0.39 is 0 Å². The standard InChI is InChI=1S/C16H25NO2/c1-17-15-10-6-3-7-11-16(15)19-13-12-18-14-8-4-2-5-9-14/h2,4-5,8-9,15-17H,3,6-7,10-13H2,1H3. The van der Waals surface area contributed by atoms with Gasteiger partial charge >= 0.3 is 0 Å². The normalized spacial score (nSPS) is 23.8. The SMILES string of the molecule is CNC1CCCCCC1OCCOc1ccccc1. The summed E-state index contributed by atoms with van der Waals surface area (Å²) in [6.45, 7) is 1.29. The van der Waals surface area contributed by atoms with E-state index in [1.807, 2.05) is 37.4 Å². The predicted molar refractivity (Wildman–Crippen MR) is 77.6 cm³/mol. The molecule has 1 aromatic carbocycles. The highest BCUT2D eigenvalue weighted by atomic mass is 16.5. The van der Waals surface area contributed by atoms with Crippen molar-refractivity contribution in [2.24, 2.45) is 0 Å². The minimum atomic E-state index is 0.340. The lowest BCUT2D eigenvalue weighted by atomic mass is 10.1. The van der Waals surface area contributed by atoms with Crippen LogP contribution in [-0.4, -0.2) is 32.4 Å². The summed E-state index contributed by atoms with van der Waals surface area (Å²) in [4.78, 5) is 0. The van der Waals surface area contributed by atoms with Crippen molar-refractivity contribution in [1.29, 1.82) is 0 Å². The highest BCUT2D eigenvalue weighted by Crippen LogP contribution is 2.20. The molecule has 106 valence electrons. The largest absolute Gasteiger partial charge is 0.491 e. The topological polar surface area (TPSA) is 30.5 Å². The molecule has 0 aliphatic heterocycles. The lowest BCUT2D eigenvalue weighted by Crippen LogP contribution is -2.39. The molecule has 1 fully saturated rings. The van der Waals surface area contributed by atoms with Gasteiger partial charge in [0.2, 0.25) is 0 Å². The zero-order chi connectivity index (χ0) is 13.3. The zero-order valence-electron chi connectivity index (χ0n) is 11.8. The molecule has 0 spiro atoms. The second-order valence-corrected chi connectivity index (χ2v) is 5.10. The van der Waals surface area contributed by atoms with Crippen molar-refractivity contribution in [3.05, 3.63) is 30.3 Å². The molecule has 1 saturated carbocycles. The van der Waals surface area contributed by atoms with E-state index in [1.165, 1.54) is 25.7 Å². The number of hydrogen-bond acceptors (Lipinski definition) is 3. The van der Waals surface area contributed by atoms with Crippen molar-refractivity contribution < 1.29 is 9.47 Å².